The molecule has 0 heteroatoms. The van der Waals surface area contributed by atoms with Crippen LogP contribution in [-0.4, -0.2) is 0 Å². The molecule has 230 valence electrons. The molecule has 0 fully saturated rings. The van der Waals surface area contributed by atoms with Crippen LogP contribution in [0.15, 0.2) is 182 Å². The van der Waals surface area contributed by atoms with Gasteiger partial charge in [-0.1, -0.05) is 170 Å². The number of rotatable bonds is 2. The number of fused-ring (bicyclic) bond motifs is 15. The van der Waals surface area contributed by atoms with Crippen LogP contribution in [0.4, 0.5) is 0 Å². The maximum Gasteiger partial charge on any atom is -0.00139 e. The minimum absolute atomic E-state index is 1.23. The first-order valence-corrected chi connectivity index (χ1v) is 17.4. The fraction of sp³-hybridized carbons (Fsp3) is 0. The van der Waals surface area contributed by atoms with Crippen LogP contribution in [0.25, 0.3) is 108 Å². The zero-order chi connectivity index (χ0) is 32.8. The minimum atomic E-state index is 1.23. The van der Waals surface area contributed by atoms with Crippen molar-refractivity contribution in [3.05, 3.63) is 182 Å². The summed E-state index contributed by atoms with van der Waals surface area (Å²) in [6.07, 6.45) is 0. The summed E-state index contributed by atoms with van der Waals surface area (Å²) in [5.74, 6) is 0. The van der Waals surface area contributed by atoms with Gasteiger partial charge in [-0.05, 0) is 121 Å². The Morgan fingerprint density at radius 2 is 0.580 bits per heavy atom. The topological polar surface area (TPSA) is 0 Å². The SMILES string of the molecule is c1ccc2c(c1)cc(-c1ccc(-c3ccc4c(c3)c3ccccc3c3c5ccccc5c5ccccc5c43)c3ccccc13)c1ccccc12. The zero-order valence-corrected chi connectivity index (χ0v) is 27.3. The van der Waals surface area contributed by atoms with E-state index in [9.17, 15) is 0 Å². The van der Waals surface area contributed by atoms with Gasteiger partial charge in [-0.25, -0.2) is 0 Å². The van der Waals surface area contributed by atoms with E-state index in [4.69, 9.17) is 0 Å². The van der Waals surface area contributed by atoms with Crippen LogP contribution in [0.1, 0.15) is 0 Å². The predicted octanol–water partition coefficient (Wildman–Crippen LogP) is 14.2. The van der Waals surface area contributed by atoms with Crippen molar-refractivity contribution in [1.82, 2.24) is 0 Å². The number of hydrogen-bond donors (Lipinski definition) is 0. The van der Waals surface area contributed by atoms with Crippen molar-refractivity contribution >= 4 is 86.2 Å². The van der Waals surface area contributed by atoms with Gasteiger partial charge in [0.25, 0.3) is 0 Å². The lowest BCUT2D eigenvalue weighted by Gasteiger charge is -2.18. The van der Waals surface area contributed by atoms with Crippen molar-refractivity contribution in [2.75, 3.05) is 0 Å². The highest BCUT2D eigenvalue weighted by atomic mass is 14.2. The van der Waals surface area contributed by atoms with Crippen molar-refractivity contribution in [1.29, 1.82) is 0 Å². The molecule has 0 saturated carbocycles. The average Bonchev–Trinajstić information content (AvgIpc) is 3.20. The highest BCUT2D eigenvalue weighted by Crippen LogP contribution is 2.46. The van der Waals surface area contributed by atoms with E-state index in [1.54, 1.807) is 0 Å². The quantitative estimate of drug-likeness (QED) is 0.167. The molecule has 0 saturated heterocycles. The van der Waals surface area contributed by atoms with E-state index in [1.807, 2.05) is 0 Å². The maximum absolute atomic E-state index is 2.44. The molecular formula is C50H30. The molecule has 0 amide bonds. The van der Waals surface area contributed by atoms with Crippen LogP contribution in [0, 0.1) is 0 Å². The molecule has 0 aromatic heterocycles. The van der Waals surface area contributed by atoms with Crippen molar-refractivity contribution < 1.29 is 0 Å². The lowest BCUT2D eigenvalue weighted by molar-refractivity contribution is 1.67. The van der Waals surface area contributed by atoms with E-state index in [0.717, 1.165) is 0 Å². The Morgan fingerprint density at radius 3 is 1.16 bits per heavy atom. The Bertz CT molecular complexity index is 3200. The van der Waals surface area contributed by atoms with E-state index in [0.29, 0.717) is 0 Å². The highest BCUT2D eigenvalue weighted by molar-refractivity contribution is 6.39. The molecule has 0 aliphatic carbocycles. The molecule has 0 aliphatic heterocycles. The number of benzene rings is 11. The van der Waals surface area contributed by atoms with E-state index in [1.165, 1.54) is 108 Å². The van der Waals surface area contributed by atoms with Gasteiger partial charge < -0.3 is 0 Å². The van der Waals surface area contributed by atoms with Crippen molar-refractivity contribution in [2.45, 2.75) is 0 Å². The van der Waals surface area contributed by atoms with Crippen molar-refractivity contribution in [2.24, 2.45) is 0 Å². The van der Waals surface area contributed by atoms with Gasteiger partial charge in [-0.15, -0.1) is 0 Å². The molecule has 0 heterocycles. The summed E-state index contributed by atoms with van der Waals surface area (Å²) in [4.78, 5) is 0. The van der Waals surface area contributed by atoms with Crippen LogP contribution >= 0.6 is 0 Å². The molecule has 0 bridgehead atoms. The largest absolute Gasteiger partial charge is 0.0616 e. The Kier molecular flexibility index (Phi) is 5.76. The van der Waals surface area contributed by atoms with Crippen LogP contribution in [0.2, 0.25) is 0 Å². The normalized spacial score (nSPS) is 12.0. The third kappa shape index (κ3) is 3.82. The zero-order valence-electron chi connectivity index (χ0n) is 27.3. The van der Waals surface area contributed by atoms with Crippen molar-refractivity contribution in [3.8, 4) is 22.3 Å². The molecule has 0 N–H and O–H groups in total. The summed E-state index contributed by atoms with van der Waals surface area (Å²) in [5.41, 5.74) is 5.03. The fourth-order valence-electron chi connectivity index (χ4n) is 8.85. The summed E-state index contributed by atoms with van der Waals surface area (Å²) in [6, 6.07) is 67.5. The standard InChI is InChI=1S/C50H30/c1-2-14-33-31(13-1)29-47(40-20-6-4-15-35(33)40)42-28-27-34(36-16-3-5-17-37(36)42)32-25-26-46-48(30-32)41-21-9-12-24-45(41)49-43-22-10-7-18-38(43)39-19-8-11-23-44(39)50(46)49/h1-30H. The molecule has 0 unspecified atom stereocenters. The first-order valence-electron chi connectivity index (χ1n) is 17.4. The summed E-state index contributed by atoms with van der Waals surface area (Å²) >= 11 is 0. The third-order valence-electron chi connectivity index (χ3n) is 11.0. The van der Waals surface area contributed by atoms with Crippen LogP contribution in [0.3, 0.4) is 0 Å². The molecule has 11 aromatic rings. The summed E-state index contributed by atoms with van der Waals surface area (Å²) in [5, 5.41) is 20.8. The van der Waals surface area contributed by atoms with Crippen LogP contribution in [-0.2, 0) is 0 Å². The Morgan fingerprint density at radius 1 is 0.200 bits per heavy atom. The van der Waals surface area contributed by atoms with Gasteiger partial charge in [0.15, 0.2) is 0 Å². The average molecular weight is 631 g/mol. The molecule has 50 heavy (non-hydrogen) atoms. The molecule has 0 atom stereocenters. The predicted molar refractivity (Wildman–Crippen MR) is 217 cm³/mol. The van der Waals surface area contributed by atoms with Crippen molar-refractivity contribution in [3.63, 3.8) is 0 Å². The molecule has 11 rings (SSSR count). The first-order chi connectivity index (χ1) is 24.8. The van der Waals surface area contributed by atoms with Gasteiger partial charge in [0, 0.05) is 0 Å². The molecule has 0 radical (unpaired) electrons. The lowest BCUT2D eigenvalue weighted by atomic mass is 9.85. The molecule has 0 nitrogen and oxygen atoms in total. The fourth-order valence-corrected chi connectivity index (χ4v) is 8.85. The van der Waals surface area contributed by atoms with Gasteiger partial charge in [-0.2, -0.15) is 0 Å². The molecule has 0 spiro atoms. The first kappa shape index (κ1) is 27.5. The smallest absolute Gasteiger partial charge is 0.00139 e. The van der Waals surface area contributed by atoms with E-state index in [2.05, 4.69) is 182 Å². The van der Waals surface area contributed by atoms with E-state index < -0.39 is 0 Å². The van der Waals surface area contributed by atoms with Gasteiger partial charge >= 0.3 is 0 Å². The van der Waals surface area contributed by atoms with E-state index in [-0.39, 0.29) is 0 Å². The summed E-state index contributed by atoms with van der Waals surface area (Å²) < 4.78 is 0. The second-order valence-corrected chi connectivity index (χ2v) is 13.5. The Hall–Kier alpha value is -6.50. The van der Waals surface area contributed by atoms with Gasteiger partial charge in [0.05, 0.1) is 0 Å². The highest BCUT2D eigenvalue weighted by Gasteiger charge is 2.18. The lowest BCUT2D eigenvalue weighted by Crippen LogP contribution is -1.90. The van der Waals surface area contributed by atoms with Gasteiger partial charge in [0.2, 0.25) is 0 Å². The number of hydrogen-bond acceptors (Lipinski definition) is 0. The second-order valence-electron chi connectivity index (χ2n) is 13.5. The minimum Gasteiger partial charge on any atom is -0.0616 e. The maximum atomic E-state index is 2.44. The Balaban J connectivity index is 1.21. The summed E-state index contributed by atoms with van der Waals surface area (Å²) in [7, 11) is 0. The third-order valence-corrected chi connectivity index (χ3v) is 11.0. The summed E-state index contributed by atoms with van der Waals surface area (Å²) in [6.45, 7) is 0. The molecular weight excluding hydrogens is 601 g/mol. The molecule has 0 aliphatic rings. The van der Waals surface area contributed by atoms with Gasteiger partial charge in [-0.3, -0.25) is 0 Å². The monoisotopic (exact) mass is 630 g/mol. The second kappa shape index (κ2) is 10.5. The molecule has 11 aromatic carbocycles. The van der Waals surface area contributed by atoms with E-state index >= 15 is 0 Å². The Labute approximate surface area is 289 Å². The van der Waals surface area contributed by atoms with Crippen LogP contribution < -0.4 is 0 Å². The van der Waals surface area contributed by atoms with Gasteiger partial charge in [0.1, 0.15) is 0 Å². The van der Waals surface area contributed by atoms with Crippen LogP contribution in [0.5, 0.6) is 0 Å².